The van der Waals surface area contributed by atoms with Crippen molar-refractivity contribution in [2.75, 3.05) is 6.61 Å². The summed E-state index contributed by atoms with van der Waals surface area (Å²) in [4.78, 5) is 85.9. The Kier molecular flexibility index (Phi) is 14.1. The Balaban J connectivity index is 1.09. The molecule has 0 saturated carbocycles. The van der Waals surface area contributed by atoms with E-state index in [2.05, 4.69) is 5.32 Å². The van der Waals surface area contributed by atoms with Gasteiger partial charge in [-0.1, -0.05) is 145 Å². The monoisotopic (exact) mass is 989 g/mol. The molecule has 1 fully saturated rings. The number of fused-ring (bicyclic) bond motifs is 2. The maximum Gasteiger partial charge on any atom is 0.338 e. The SMILES string of the molecule is O=C(NC1=NN(C(=O)c2ccc3ccccc3c2)C([C@@H]2O[C@H](COC(=O)c3ccccc3)[C@@H](OC(=O)c3ccccc3)[C@H](OC(=O)c3ccccc3)[C@H]2OC(=O)c2ccccc2)S1)c1ccc2ccccc2c1. The number of hydrogen-bond acceptors (Lipinski definition) is 13. The van der Waals surface area contributed by atoms with Gasteiger partial charge < -0.3 is 23.7 Å². The van der Waals surface area contributed by atoms with Gasteiger partial charge in [0.1, 0.15) is 24.2 Å². The van der Waals surface area contributed by atoms with Crippen LogP contribution in [0.1, 0.15) is 62.1 Å². The van der Waals surface area contributed by atoms with Crippen LogP contribution in [0, 0.1) is 0 Å². The smallest absolute Gasteiger partial charge is 0.338 e. The molecule has 8 aromatic carbocycles. The van der Waals surface area contributed by atoms with Crippen LogP contribution < -0.4 is 5.32 Å². The Morgan fingerprint density at radius 3 is 1.41 bits per heavy atom. The minimum absolute atomic E-state index is 0.0310. The van der Waals surface area contributed by atoms with Crippen LogP contribution in [-0.4, -0.2) is 88.4 Å². The zero-order chi connectivity index (χ0) is 50.3. The summed E-state index contributed by atoms with van der Waals surface area (Å²) < 4.78 is 31.8. The van der Waals surface area contributed by atoms with Crippen molar-refractivity contribution in [1.29, 1.82) is 0 Å². The van der Waals surface area contributed by atoms with Gasteiger partial charge in [0.15, 0.2) is 23.5 Å². The van der Waals surface area contributed by atoms with Crippen molar-refractivity contribution in [2.45, 2.75) is 35.9 Å². The van der Waals surface area contributed by atoms with Gasteiger partial charge in [0, 0.05) is 11.1 Å². The summed E-state index contributed by atoms with van der Waals surface area (Å²) in [6, 6.07) is 57.6. The van der Waals surface area contributed by atoms with Crippen molar-refractivity contribution in [2.24, 2.45) is 5.10 Å². The van der Waals surface area contributed by atoms with Crippen LogP contribution in [0.3, 0.4) is 0 Å². The van der Waals surface area contributed by atoms with Crippen LogP contribution in [0.15, 0.2) is 211 Å². The minimum atomic E-state index is -1.72. The predicted molar refractivity (Wildman–Crippen MR) is 273 cm³/mol. The Bertz CT molecular complexity index is 3380. The number of hydrogen-bond donors (Lipinski definition) is 1. The molecule has 0 aliphatic carbocycles. The number of esters is 4. The fourth-order valence-corrected chi connectivity index (χ4v) is 9.66. The van der Waals surface area contributed by atoms with Crippen molar-refractivity contribution in [1.82, 2.24) is 10.3 Å². The third-order valence-electron chi connectivity index (χ3n) is 12.2. The van der Waals surface area contributed by atoms with Gasteiger partial charge in [0.25, 0.3) is 11.8 Å². The molecule has 2 aliphatic heterocycles. The summed E-state index contributed by atoms with van der Waals surface area (Å²) in [7, 11) is 0. The molecule has 1 N–H and O–H groups in total. The van der Waals surface area contributed by atoms with Crippen LogP contribution in [0.2, 0.25) is 0 Å². The number of benzene rings is 8. The number of nitrogens with one attached hydrogen (secondary N) is 1. The molecule has 2 aliphatic rings. The fraction of sp³-hybridized carbons (Fsp3) is 0.121. The molecule has 10 rings (SSSR count). The van der Waals surface area contributed by atoms with Crippen molar-refractivity contribution in [3.63, 3.8) is 0 Å². The predicted octanol–water partition coefficient (Wildman–Crippen LogP) is 9.51. The maximum absolute atomic E-state index is 15.1. The Morgan fingerprint density at radius 1 is 0.466 bits per heavy atom. The largest absolute Gasteiger partial charge is 0.459 e. The van der Waals surface area contributed by atoms with E-state index in [9.17, 15) is 24.0 Å². The van der Waals surface area contributed by atoms with Crippen LogP contribution in [-0.2, 0) is 23.7 Å². The summed E-state index contributed by atoms with van der Waals surface area (Å²) in [6.07, 6.45) is -8.08. The highest BCUT2D eigenvalue weighted by Gasteiger charge is 2.58. The lowest BCUT2D eigenvalue weighted by Gasteiger charge is -2.46. The van der Waals surface area contributed by atoms with Gasteiger partial charge in [-0.3, -0.25) is 14.9 Å². The number of amidine groups is 1. The molecule has 6 atom stereocenters. The first kappa shape index (κ1) is 47.7. The third-order valence-corrected chi connectivity index (χ3v) is 13.3. The van der Waals surface area contributed by atoms with E-state index in [4.69, 9.17) is 28.8 Å². The number of nitrogens with zero attached hydrogens (tertiary/aromatic N) is 2. The standard InChI is InChI=1S/C58H43N3O11S/c62-51(44-31-29-36-17-13-15-27-42(36)33-44)59-58-60-61(52(63)45-32-30-37-18-14-16-28-43(37)34-45)53(73-58)50-49(72-57(67)41-25-11-4-12-26-41)48(71-56(66)40-23-9-3-10-24-40)47(70-55(65)39-21-7-2-8-22-39)46(69-50)35-68-54(64)38-19-5-1-6-20-38/h1-34,46-50,53H,35H2,(H,59,60,62)/t46-,47-,48+,49-,50-,53?/m1/s1. The molecular formula is C58H43N3O11S. The van der Waals surface area contributed by atoms with Crippen LogP contribution >= 0.6 is 11.8 Å². The lowest BCUT2D eigenvalue weighted by atomic mass is 9.93. The molecule has 0 spiro atoms. The normalized spacial score (nSPS) is 19.3. The summed E-state index contributed by atoms with van der Waals surface area (Å²) in [5.74, 6) is -4.59. The molecule has 8 aromatic rings. The number of hydrazone groups is 1. The quantitative estimate of drug-likeness (QED) is 0.0908. The number of carbonyl (C=O) groups is 6. The second kappa shape index (κ2) is 21.6. The van der Waals surface area contributed by atoms with Gasteiger partial charge in [0.05, 0.1) is 22.3 Å². The van der Waals surface area contributed by atoms with Crippen LogP contribution in [0.25, 0.3) is 21.5 Å². The van der Waals surface area contributed by atoms with E-state index in [0.717, 1.165) is 38.3 Å². The van der Waals surface area contributed by atoms with Gasteiger partial charge >= 0.3 is 23.9 Å². The number of ether oxygens (including phenoxy) is 5. The van der Waals surface area contributed by atoms with Crippen molar-refractivity contribution < 1.29 is 52.5 Å². The lowest BCUT2D eigenvalue weighted by molar-refractivity contribution is -0.233. The molecule has 362 valence electrons. The molecule has 15 heteroatoms. The highest BCUT2D eigenvalue weighted by molar-refractivity contribution is 8.14. The lowest BCUT2D eigenvalue weighted by Crippen LogP contribution is -2.66. The Hall–Kier alpha value is -8.92. The Labute approximate surface area is 422 Å². The number of carbonyl (C=O) groups excluding carboxylic acids is 6. The first-order valence-corrected chi connectivity index (χ1v) is 24.1. The fourth-order valence-electron chi connectivity index (χ4n) is 8.55. The van der Waals surface area contributed by atoms with Gasteiger partial charge in [-0.2, -0.15) is 0 Å². The minimum Gasteiger partial charge on any atom is -0.459 e. The van der Waals surface area contributed by atoms with Crippen molar-refractivity contribution >= 4 is 74.2 Å². The summed E-state index contributed by atoms with van der Waals surface area (Å²) in [5.41, 5.74) is 1.04. The zero-order valence-corrected chi connectivity index (χ0v) is 39.4. The molecule has 1 saturated heterocycles. The zero-order valence-electron chi connectivity index (χ0n) is 38.6. The second-order valence-corrected chi connectivity index (χ2v) is 18.1. The van der Waals surface area contributed by atoms with Crippen LogP contribution in [0.5, 0.6) is 0 Å². The van der Waals surface area contributed by atoms with Crippen LogP contribution in [0.4, 0.5) is 0 Å². The van der Waals surface area contributed by atoms with E-state index in [1.54, 1.807) is 115 Å². The molecule has 73 heavy (non-hydrogen) atoms. The van der Waals surface area contributed by atoms with Gasteiger partial charge in [-0.15, -0.1) is 5.10 Å². The first-order chi connectivity index (χ1) is 35.7. The van der Waals surface area contributed by atoms with E-state index >= 15 is 4.79 Å². The number of thioether (sulfide) groups is 1. The molecule has 0 bridgehead atoms. The second-order valence-electron chi connectivity index (χ2n) is 17.0. The Morgan fingerprint density at radius 2 is 0.890 bits per heavy atom. The molecular weight excluding hydrogens is 947 g/mol. The van der Waals surface area contributed by atoms with Gasteiger partial charge in [-0.25, -0.2) is 24.2 Å². The van der Waals surface area contributed by atoms with Crippen molar-refractivity contribution in [3.8, 4) is 0 Å². The molecule has 2 heterocycles. The van der Waals surface area contributed by atoms with Gasteiger partial charge in [-0.05, 0) is 94.3 Å². The highest BCUT2D eigenvalue weighted by Crippen LogP contribution is 2.40. The average molecular weight is 990 g/mol. The van der Waals surface area contributed by atoms with Gasteiger partial charge in [0.2, 0.25) is 0 Å². The summed E-state index contributed by atoms with van der Waals surface area (Å²) >= 11 is 0.909. The molecule has 0 aromatic heterocycles. The third kappa shape index (κ3) is 10.7. The summed E-state index contributed by atoms with van der Waals surface area (Å²) in [5, 5.41) is 10.7. The molecule has 2 amide bonds. The van der Waals surface area contributed by atoms with E-state index in [1.165, 1.54) is 36.4 Å². The first-order valence-electron chi connectivity index (χ1n) is 23.2. The molecule has 1 unspecified atom stereocenters. The average Bonchev–Trinajstić information content (AvgIpc) is 3.86. The molecule has 0 radical (unpaired) electrons. The number of amides is 2. The molecule has 14 nitrogen and oxygen atoms in total. The van der Waals surface area contributed by atoms with E-state index in [0.29, 0.717) is 5.56 Å². The van der Waals surface area contributed by atoms with Crippen molar-refractivity contribution in [3.05, 3.63) is 240 Å². The van der Waals surface area contributed by atoms with E-state index in [1.807, 2.05) is 54.6 Å². The highest BCUT2D eigenvalue weighted by atomic mass is 32.2. The topological polar surface area (TPSA) is 176 Å². The van der Waals surface area contributed by atoms with E-state index in [-0.39, 0.29) is 33.0 Å². The summed E-state index contributed by atoms with van der Waals surface area (Å²) in [6.45, 7) is -0.599. The number of rotatable bonds is 12. The maximum atomic E-state index is 15.1. The van der Waals surface area contributed by atoms with E-state index < -0.39 is 78.2 Å².